The van der Waals surface area contributed by atoms with E-state index in [0.717, 1.165) is 27.9 Å². The molecule has 1 amide bonds. The number of fused-ring (bicyclic) bond motifs is 1. The number of anilines is 1. The van der Waals surface area contributed by atoms with Crippen LogP contribution in [0.5, 0.6) is 0 Å². The average Bonchev–Trinajstić information content (AvgIpc) is 3.17. The predicted molar refractivity (Wildman–Crippen MR) is 142 cm³/mol. The number of aromatic nitrogens is 3. The molecule has 0 aliphatic carbocycles. The number of carbonyl (C=O) groups is 2. The minimum atomic E-state index is -0.530. The van der Waals surface area contributed by atoms with Crippen molar-refractivity contribution in [1.29, 1.82) is 0 Å². The monoisotopic (exact) mass is 515 g/mol. The van der Waals surface area contributed by atoms with Crippen LogP contribution in [0.2, 0.25) is 0 Å². The molecule has 2 aromatic heterocycles. The van der Waals surface area contributed by atoms with E-state index in [-0.39, 0.29) is 31.0 Å². The Balaban J connectivity index is 0.00000361. The fraction of sp³-hybridized carbons (Fsp3) is 0.462. The van der Waals surface area contributed by atoms with Gasteiger partial charge in [0.15, 0.2) is 0 Å². The molecule has 1 fully saturated rings. The molecule has 0 atom stereocenters. The number of piperazine rings is 1. The lowest BCUT2D eigenvalue weighted by atomic mass is 10.0. The van der Waals surface area contributed by atoms with Gasteiger partial charge in [-0.05, 0) is 45.7 Å². The zero-order valence-electron chi connectivity index (χ0n) is 21.5. The molecule has 4 rings (SSSR count). The first-order chi connectivity index (χ1) is 16.7. The van der Waals surface area contributed by atoms with E-state index >= 15 is 0 Å². The third kappa shape index (κ3) is 5.90. The molecule has 0 radical (unpaired) electrons. The van der Waals surface area contributed by atoms with Gasteiger partial charge in [-0.2, -0.15) is 0 Å². The summed E-state index contributed by atoms with van der Waals surface area (Å²) in [7, 11) is 0. The van der Waals surface area contributed by atoms with Gasteiger partial charge in [-0.15, -0.1) is 12.4 Å². The lowest BCUT2D eigenvalue weighted by Crippen LogP contribution is -2.50. The molecule has 0 unspecified atom stereocenters. The van der Waals surface area contributed by atoms with Gasteiger partial charge in [0.25, 0.3) is 0 Å². The third-order valence-corrected chi connectivity index (χ3v) is 5.90. The molecule has 0 N–H and O–H groups in total. The van der Waals surface area contributed by atoms with Crippen LogP contribution in [-0.4, -0.2) is 69.9 Å². The molecular weight excluding hydrogens is 482 g/mol. The van der Waals surface area contributed by atoms with Crippen molar-refractivity contribution in [2.45, 2.75) is 46.8 Å². The van der Waals surface area contributed by atoms with E-state index < -0.39 is 5.60 Å². The standard InChI is InChI=1S/C26H33N5O4.ClH/c1-6-34-21(32)16-31-15-20(19-10-8-7-9-18(19)2)22-23(27-17-28-24(22)31)29-11-13-30(14-12-29)25(33)35-26(3,4)5;/h7-10,15,17H,6,11-14,16H2,1-5H3;1H. The third-order valence-electron chi connectivity index (χ3n) is 5.90. The van der Waals surface area contributed by atoms with Gasteiger partial charge in [0.1, 0.15) is 29.9 Å². The molecule has 1 saturated heterocycles. The molecule has 1 aliphatic heterocycles. The molecular formula is C26H34ClN5O4. The minimum Gasteiger partial charge on any atom is -0.465 e. The zero-order chi connectivity index (χ0) is 25.2. The smallest absolute Gasteiger partial charge is 0.410 e. The summed E-state index contributed by atoms with van der Waals surface area (Å²) in [5.41, 5.74) is 3.29. The van der Waals surface area contributed by atoms with Crippen LogP contribution in [0.4, 0.5) is 10.6 Å². The molecule has 3 heterocycles. The molecule has 9 nitrogen and oxygen atoms in total. The lowest BCUT2D eigenvalue weighted by molar-refractivity contribution is -0.143. The highest BCUT2D eigenvalue weighted by Gasteiger charge is 2.28. The van der Waals surface area contributed by atoms with Crippen molar-refractivity contribution in [3.63, 3.8) is 0 Å². The second kappa shape index (κ2) is 11.2. The van der Waals surface area contributed by atoms with Crippen molar-refractivity contribution in [2.75, 3.05) is 37.7 Å². The molecule has 1 aliphatic rings. The fourth-order valence-corrected chi connectivity index (χ4v) is 4.32. The first kappa shape index (κ1) is 27.3. The largest absolute Gasteiger partial charge is 0.465 e. The van der Waals surface area contributed by atoms with E-state index in [0.29, 0.717) is 38.4 Å². The molecule has 0 bridgehead atoms. The van der Waals surface area contributed by atoms with E-state index in [1.165, 1.54) is 6.33 Å². The highest BCUT2D eigenvalue weighted by atomic mass is 35.5. The molecule has 36 heavy (non-hydrogen) atoms. The molecule has 194 valence electrons. The number of aryl methyl sites for hydroxylation is 1. The van der Waals surface area contributed by atoms with Crippen molar-refractivity contribution >= 4 is 41.3 Å². The first-order valence-electron chi connectivity index (χ1n) is 12.0. The van der Waals surface area contributed by atoms with Gasteiger partial charge in [-0.3, -0.25) is 4.79 Å². The van der Waals surface area contributed by atoms with Crippen molar-refractivity contribution in [2.24, 2.45) is 0 Å². The Bertz CT molecular complexity index is 1230. The van der Waals surface area contributed by atoms with Gasteiger partial charge >= 0.3 is 12.1 Å². The Hall–Kier alpha value is -3.33. The average molecular weight is 516 g/mol. The molecule has 10 heteroatoms. The minimum absolute atomic E-state index is 0. The van der Waals surface area contributed by atoms with Crippen LogP contribution >= 0.6 is 12.4 Å². The van der Waals surface area contributed by atoms with Crippen LogP contribution in [0.25, 0.3) is 22.2 Å². The van der Waals surface area contributed by atoms with Gasteiger partial charge in [-0.1, -0.05) is 24.3 Å². The zero-order valence-corrected chi connectivity index (χ0v) is 22.3. The van der Waals surface area contributed by atoms with Crippen molar-refractivity contribution < 1.29 is 19.1 Å². The molecule has 0 saturated carbocycles. The summed E-state index contributed by atoms with van der Waals surface area (Å²) in [6, 6.07) is 8.13. The number of amides is 1. The first-order valence-corrected chi connectivity index (χ1v) is 12.0. The number of hydrogen-bond acceptors (Lipinski definition) is 7. The Labute approximate surface area is 217 Å². The van der Waals surface area contributed by atoms with Crippen LogP contribution in [0.1, 0.15) is 33.3 Å². The maximum atomic E-state index is 12.5. The normalized spacial score (nSPS) is 13.9. The van der Waals surface area contributed by atoms with Crippen molar-refractivity contribution in [3.05, 3.63) is 42.4 Å². The van der Waals surface area contributed by atoms with Gasteiger partial charge in [0, 0.05) is 37.9 Å². The maximum Gasteiger partial charge on any atom is 0.410 e. The Morgan fingerprint density at radius 1 is 1.03 bits per heavy atom. The molecule has 1 aromatic carbocycles. The number of rotatable bonds is 5. The predicted octanol–water partition coefficient (Wildman–Crippen LogP) is 4.45. The SMILES string of the molecule is CCOC(=O)Cn1cc(-c2ccccc2C)c2c(N3CCN(C(=O)OC(C)(C)C)CC3)ncnc21.Cl. The fourth-order valence-electron chi connectivity index (χ4n) is 4.32. The summed E-state index contributed by atoms with van der Waals surface area (Å²) >= 11 is 0. The summed E-state index contributed by atoms with van der Waals surface area (Å²) < 4.78 is 12.6. The van der Waals surface area contributed by atoms with E-state index in [1.807, 2.05) is 43.7 Å². The van der Waals surface area contributed by atoms with Gasteiger partial charge in [0.2, 0.25) is 0 Å². The van der Waals surface area contributed by atoms with E-state index in [2.05, 4.69) is 33.9 Å². The second-order valence-electron chi connectivity index (χ2n) is 9.64. The number of halogens is 1. The van der Waals surface area contributed by atoms with E-state index in [4.69, 9.17) is 9.47 Å². The highest BCUT2D eigenvalue weighted by Crippen LogP contribution is 2.37. The van der Waals surface area contributed by atoms with E-state index in [9.17, 15) is 9.59 Å². The summed E-state index contributed by atoms with van der Waals surface area (Å²) in [6.45, 7) is 12.1. The topological polar surface area (TPSA) is 89.8 Å². The Morgan fingerprint density at radius 3 is 2.36 bits per heavy atom. The van der Waals surface area contributed by atoms with Gasteiger partial charge < -0.3 is 23.8 Å². The van der Waals surface area contributed by atoms with Crippen LogP contribution in [0.15, 0.2) is 36.8 Å². The number of esters is 1. The van der Waals surface area contributed by atoms with Crippen LogP contribution in [0, 0.1) is 6.92 Å². The van der Waals surface area contributed by atoms with Crippen LogP contribution < -0.4 is 4.90 Å². The van der Waals surface area contributed by atoms with Gasteiger partial charge in [0.05, 0.1) is 12.0 Å². The molecule has 0 spiro atoms. The quantitative estimate of drug-likeness (QED) is 0.464. The number of nitrogens with zero attached hydrogens (tertiary/aromatic N) is 5. The summed E-state index contributed by atoms with van der Waals surface area (Å²) in [4.78, 5) is 37.9. The Morgan fingerprint density at radius 2 is 1.72 bits per heavy atom. The van der Waals surface area contributed by atoms with Crippen molar-refractivity contribution in [3.8, 4) is 11.1 Å². The number of benzene rings is 1. The van der Waals surface area contributed by atoms with Gasteiger partial charge in [-0.25, -0.2) is 14.8 Å². The summed E-state index contributed by atoms with van der Waals surface area (Å²) in [6.07, 6.45) is 3.19. The lowest BCUT2D eigenvalue weighted by Gasteiger charge is -2.36. The molecule has 3 aromatic rings. The maximum absolute atomic E-state index is 12.5. The summed E-state index contributed by atoms with van der Waals surface area (Å²) in [5, 5.41) is 0.886. The Kier molecular flexibility index (Phi) is 8.45. The number of carbonyl (C=O) groups excluding carboxylic acids is 2. The second-order valence-corrected chi connectivity index (χ2v) is 9.64. The number of ether oxygens (including phenoxy) is 2. The van der Waals surface area contributed by atoms with E-state index in [1.54, 1.807) is 11.8 Å². The van der Waals surface area contributed by atoms with Crippen LogP contribution in [-0.2, 0) is 20.8 Å². The van der Waals surface area contributed by atoms with Crippen LogP contribution in [0.3, 0.4) is 0 Å². The summed E-state index contributed by atoms with van der Waals surface area (Å²) in [5.74, 6) is 0.478. The van der Waals surface area contributed by atoms with Crippen molar-refractivity contribution in [1.82, 2.24) is 19.4 Å². The number of hydrogen-bond donors (Lipinski definition) is 0. The highest BCUT2D eigenvalue weighted by molar-refractivity contribution is 6.02.